The highest BCUT2D eigenvalue weighted by molar-refractivity contribution is 7.53. The molecule has 24 heavy (non-hydrogen) atoms. The van der Waals surface area contributed by atoms with E-state index in [4.69, 9.17) is 31.3 Å². The van der Waals surface area contributed by atoms with Crippen molar-refractivity contribution in [3.63, 3.8) is 0 Å². The van der Waals surface area contributed by atoms with Gasteiger partial charge in [0.25, 0.3) is 0 Å². The summed E-state index contributed by atoms with van der Waals surface area (Å²) in [6.45, 7) is 10.7. The second-order valence-electron chi connectivity index (χ2n) is 6.10. The summed E-state index contributed by atoms with van der Waals surface area (Å²) in [5, 5.41) is 9.55. The molecule has 0 amide bonds. The number of aliphatic hydroxyl groups excluding tert-OH is 1. The van der Waals surface area contributed by atoms with Gasteiger partial charge in [0, 0.05) is 0 Å². The largest absolute Gasteiger partial charge is 0.466 e. The third-order valence-electron chi connectivity index (χ3n) is 4.14. The number of rotatable bonds is 3. The van der Waals surface area contributed by atoms with Crippen LogP contribution in [0.5, 0.6) is 0 Å². The molecule has 3 heterocycles. The standard InChI is InChI=1S/C15H19N2O6P/c1-15(2)22-10-8(5-18)21-14(11(10)23-15)24-6-7(13(19)20-4)9(17-3)12(24)16/h6,8,10-11,14,18H,5,16H2,1-2,4H3. The first-order valence-electron chi connectivity index (χ1n) is 7.41. The van der Waals surface area contributed by atoms with Gasteiger partial charge in [-0.2, -0.15) is 0 Å². The number of nitrogens with two attached hydrogens (primary N) is 1. The van der Waals surface area contributed by atoms with E-state index in [1.54, 1.807) is 19.6 Å². The molecular weight excluding hydrogens is 335 g/mol. The normalized spacial score (nSPS) is 31.5. The zero-order valence-corrected chi connectivity index (χ0v) is 14.4. The molecule has 1 aromatic heterocycles. The van der Waals surface area contributed by atoms with Crippen molar-refractivity contribution in [1.82, 2.24) is 0 Å². The molecule has 3 N–H and O–H groups in total. The highest BCUT2D eigenvalue weighted by atomic mass is 31.1. The molecule has 2 fully saturated rings. The molecule has 0 aromatic carbocycles. The summed E-state index contributed by atoms with van der Waals surface area (Å²) in [6, 6.07) is 0. The lowest BCUT2D eigenvalue weighted by atomic mass is 10.2. The van der Waals surface area contributed by atoms with Crippen LogP contribution in [0.4, 0.5) is 11.1 Å². The molecule has 0 spiro atoms. The average Bonchev–Trinajstić information content (AvgIpc) is 3.14. The molecule has 5 unspecified atom stereocenters. The molecule has 130 valence electrons. The highest BCUT2D eigenvalue weighted by Crippen LogP contribution is 2.61. The van der Waals surface area contributed by atoms with E-state index in [2.05, 4.69) is 4.85 Å². The molecule has 0 aliphatic carbocycles. The van der Waals surface area contributed by atoms with Crippen LogP contribution in [0.25, 0.3) is 4.85 Å². The van der Waals surface area contributed by atoms with Crippen LogP contribution in [0.1, 0.15) is 30.1 Å². The predicted molar refractivity (Wildman–Crippen MR) is 86.0 cm³/mol. The Labute approximate surface area is 140 Å². The SMILES string of the molecule is [C-]#[N+]c1c(C(=O)OC)cp(C2OC(CO)C3OC(C)(C)OC32)c1N. The second-order valence-corrected chi connectivity index (χ2v) is 8.16. The Morgan fingerprint density at radius 1 is 1.50 bits per heavy atom. The third kappa shape index (κ3) is 2.59. The van der Waals surface area contributed by atoms with Crippen molar-refractivity contribution >= 4 is 24.6 Å². The number of carbonyl (C=O) groups excluding carboxylic acids is 1. The van der Waals surface area contributed by atoms with Gasteiger partial charge < -0.3 is 29.8 Å². The van der Waals surface area contributed by atoms with Crippen LogP contribution in [-0.2, 0) is 18.9 Å². The smallest absolute Gasteiger partial charge is 0.327 e. The van der Waals surface area contributed by atoms with E-state index in [0.29, 0.717) is 5.42 Å². The van der Waals surface area contributed by atoms with E-state index < -0.39 is 43.4 Å². The molecular formula is C15H19N2O6P. The van der Waals surface area contributed by atoms with Gasteiger partial charge in [0.15, 0.2) is 5.79 Å². The number of carbonyl (C=O) groups is 1. The van der Waals surface area contributed by atoms with Crippen LogP contribution in [0.3, 0.4) is 0 Å². The van der Waals surface area contributed by atoms with Crippen LogP contribution < -0.4 is 5.73 Å². The van der Waals surface area contributed by atoms with Crippen molar-refractivity contribution in [2.45, 2.75) is 43.8 Å². The topological polar surface area (TPSA) is 105 Å². The zero-order valence-electron chi connectivity index (χ0n) is 13.6. The van der Waals surface area contributed by atoms with Crippen molar-refractivity contribution in [3.05, 3.63) is 22.8 Å². The van der Waals surface area contributed by atoms with Crippen LogP contribution >= 0.6 is 7.53 Å². The number of hydrogen-bond donors (Lipinski definition) is 2. The first-order valence-corrected chi connectivity index (χ1v) is 8.89. The monoisotopic (exact) mass is 354 g/mol. The third-order valence-corrected chi connectivity index (χ3v) is 6.41. The number of hydrogen-bond acceptors (Lipinski definition) is 7. The Kier molecular flexibility index (Phi) is 4.32. The molecule has 0 radical (unpaired) electrons. The number of esters is 1. The van der Waals surface area contributed by atoms with Gasteiger partial charge >= 0.3 is 5.97 Å². The summed E-state index contributed by atoms with van der Waals surface area (Å²) in [7, 11) is -0.0413. The quantitative estimate of drug-likeness (QED) is 0.632. The van der Waals surface area contributed by atoms with E-state index >= 15 is 0 Å². The van der Waals surface area contributed by atoms with Gasteiger partial charge in [-0.05, 0) is 19.6 Å². The van der Waals surface area contributed by atoms with E-state index in [9.17, 15) is 9.90 Å². The lowest BCUT2D eigenvalue weighted by Gasteiger charge is -2.24. The number of nitrogens with zero attached hydrogens (tertiary/aromatic N) is 1. The molecule has 5 atom stereocenters. The number of fused-ring (bicyclic) bond motifs is 1. The van der Waals surface area contributed by atoms with Gasteiger partial charge in [-0.1, -0.05) is 7.53 Å². The number of ether oxygens (including phenoxy) is 4. The van der Waals surface area contributed by atoms with Gasteiger partial charge in [0.2, 0.25) is 5.69 Å². The number of aliphatic hydroxyl groups is 1. The summed E-state index contributed by atoms with van der Waals surface area (Å²) in [5.41, 5.74) is 6.68. The molecule has 8 nitrogen and oxygen atoms in total. The Morgan fingerprint density at radius 2 is 2.17 bits per heavy atom. The van der Waals surface area contributed by atoms with Crippen LogP contribution in [-0.4, -0.2) is 48.9 Å². The van der Waals surface area contributed by atoms with E-state index in [0.717, 1.165) is 0 Å². The maximum Gasteiger partial charge on any atom is 0.327 e. The fraction of sp³-hybridized carbons (Fsp3) is 0.600. The number of anilines is 1. The molecule has 3 rings (SSSR count). The second kappa shape index (κ2) is 6.03. The van der Waals surface area contributed by atoms with Gasteiger partial charge in [0.1, 0.15) is 24.2 Å². The van der Waals surface area contributed by atoms with Gasteiger partial charge in [-0.3, -0.25) is 0 Å². The molecule has 2 saturated heterocycles. The number of nitrogen functional groups attached to an aromatic ring is 1. The minimum absolute atomic E-state index is 0.0961. The Morgan fingerprint density at radius 3 is 2.75 bits per heavy atom. The fourth-order valence-electron chi connectivity index (χ4n) is 3.15. The first kappa shape index (κ1) is 17.2. The van der Waals surface area contributed by atoms with Crippen LogP contribution in [0.15, 0.2) is 5.80 Å². The predicted octanol–water partition coefficient (Wildman–Crippen LogP) is 2.00. The summed E-state index contributed by atoms with van der Waals surface area (Å²) in [5.74, 6) is -0.260. The molecule has 0 saturated carbocycles. The molecule has 9 heteroatoms. The Bertz CT molecular complexity index is 710. The van der Waals surface area contributed by atoms with Crippen molar-refractivity contribution in [3.8, 4) is 0 Å². The average molecular weight is 354 g/mol. The first-order chi connectivity index (χ1) is 11.3. The molecule has 1 aromatic rings. The van der Waals surface area contributed by atoms with E-state index in [-0.39, 0.29) is 17.9 Å². The van der Waals surface area contributed by atoms with Gasteiger partial charge in [-0.15, -0.1) is 0 Å². The van der Waals surface area contributed by atoms with E-state index in [1.807, 2.05) is 0 Å². The lowest BCUT2D eigenvalue weighted by Crippen LogP contribution is -2.31. The van der Waals surface area contributed by atoms with Gasteiger partial charge in [-0.25, -0.2) is 9.64 Å². The van der Waals surface area contributed by atoms with Crippen LogP contribution in [0.2, 0.25) is 0 Å². The Balaban J connectivity index is 2.02. The molecule has 2 aliphatic rings. The summed E-state index contributed by atoms with van der Waals surface area (Å²) < 4.78 is 22.4. The molecule has 2 aliphatic heterocycles. The Hall–Kier alpha value is -1.62. The number of methoxy groups -OCH3 is 1. The summed E-state index contributed by atoms with van der Waals surface area (Å²) >= 11 is 0. The zero-order chi connectivity index (χ0) is 17.6. The minimum Gasteiger partial charge on any atom is -0.466 e. The lowest BCUT2D eigenvalue weighted by molar-refractivity contribution is -0.185. The molecule has 0 bridgehead atoms. The maximum absolute atomic E-state index is 11.9. The van der Waals surface area contributed by atoms with Gasteiger partial charge in [0.05, 0.1) is 31.3 Å². The van der Waals surface area contributed by atoms with Crippen molar-refractivity contribution in [2.75, 3.05) is 19.5 Å². The fourth-order valence-corrected chi connectivity index (χ4v) is 5.46. The highest BCUT2D eigenvalue weighted by Gasteiger charge is 2.55. The summed E-state index contributed by atoms with van der Waals surface area (Å²) in [4.78, 5) is 15.3. The van der Waals surface area contributed by atoms with Crippen molar-refractivity contribution in [2.24, 2.45) is 0 Å². The van der Waals surface area contributed by atoms with Crippen molar-refractivity contribution in [1.29, 1.82) is 0 Å². The van der Waals surface area contributed by atoms with Crippen molar-refractivity contribution < 1.29 is 28.8 Å². The van der Waals surface area contributed by atoms with E-state index in [1.165, 1.54) is 7.11 Å². The summed E-state index contributed by atoms with van der Waals surface area (Å²) in [6.07, 6.45) is -1.39. The van der Waals surface area contributed by atoms with Crippen LogP contribution in [0, 0.1) is 6.57 Å². The maximum atomic E-state index is 11.9. The minimum atomic E-state index is -1.29.